The van der Waals surface area contributed by atoms with Crippen LogP contribution in [-0.4, -0.2) is 21.0 Å². The number of aromatic nitrogens is 2. The van der Waals surface area contributed by atoms with Crippen molar-refractivity contribution < 1.29 is 4.79 Å². The quantitative estimate of drug-likeness (QED) is 0.794. The fourth-order valence-corrected chi connectivity index (χ4v) is 2.54. The molecule has 0 spiro atoms. The predicted octanol–water partition coefficient (Wildman–Crippen LogP) is 3.17. The van der Waals surface area contributed by atoms with Gasteiger partial charge in [0.1, 0.15) is 12.4 Å². The van der Waals surface area contributed by atoms with Gasteiger partial charge in [0, 0.05) is 24.4 Å². The molecule has 0 aliphatic heterocycles. The molecule has 4 heteroatoms. The number of hydrogen-bond donors (Lipinski definition) is 1. The number of amides is 1. The van der Waals surface area contributed by atoms with E-state index in [0.29, 0.717) is 12.5 Å². The van der Waals surface area contributed by atoms with Gasteiger partial charge in [-0.2, -0.15) is 0 Å². The highest BCUT2D eigenvalue weighted by Gasteiger charge is 2.25. The monoisotopic (exact) mass is 279 g/mol. The zero-order valence-electron chi connectivity index (χ0n) is 13.6. The van der Waals surface area contributed by atoms with Gasteiger partial charge in [-0.15, -0.1) is 0 Å². The molecule has 1 aromatic heterocycles. The van der Waals surface area contributed by atoms with Crippen molar-refractivity contribution in [1.82, 2.24) is 14.9 Å². The van der Waals surface area contributed by atoms with E-state index in [1.54, 1.807) is 6.20 Å². The number of carbonyl (C=O) groups is 1. The molecule has 1 aromatic rings. The second-order valence-corrected chi connectivity index (χ2v) is 5.96. The number of rotatable bonds is 8. The third-order valence-electron chi connectivity index (χ3n) is 4.14. The van der Waals surface area contributed by atoms with Crippen LogP contribution in [0.25, 0.3) is 0 Å². The first-order chi connectivity index (χ1) is 9.46. The average molecular weight is 279 g/mol. The van der Waals surface area contributed by atoms with Gasteiger partial charge in [-0.05, 0) is 25.2 Å². The Kier molecular flexibility index (Phi) is 6.24. The predicted molar refractivity (Wildman–Crippen MR) is 82.5 cm³/mol. The summed E-state index contributed by atoms with van der Waals surface area (Å²) in [6, 6.07) is 0. The van der Waals surface area contributed by atoms with Crippen molar-refractivity contribution in [3.8, 4) is 0 Å². The molecule has 0 fully saturated rings. The van der Waals surface area contributed by atoms with Crippen molar-refractivity contribution in [3.63, 3.8) is 0 Å². The molecule has 1 N–H and O–H groups in total. The van der Waals surface area contributed by atoms with Gasteiger partial charge in [-0.3, -0.25) is 4.79 Å². The van der Waals surface area contributed by atoms with Gasteiger partial charge in [0.2, 0.25) is 5.91 Å². The summed E-state index contributed by atoms with van der Waals surface area (Å²) in [6.07, 6.45) is 7.47. The lowest BCUT2D eigenvalue weighted by Crippen LogP contribution is -2.48. The number of imidazole rings is 1. The second-order valence-electron chi connectivity index (χ2n) is 5.96. The Morgan fingerprint density at radius 3 is 2.40 bits per heavy atom. The van der Waals surface area contributed by atoms with E-state index >= 15 is 0 Å². The summed E-state index contributed by atoms with van der Waals surface area (Å²) in [4.78, 5) is 16.6. The van der Waals surface area contributed by atoms with E-state index in [2.05, 4.69) is 44.9 Å². The maximum Gasteiger partial charge on any atom is 0.240 e. The number of nitrogens with zero attached hydrogens (tertiary/aromatic N) is 2. The summed E-state index contributed by atoms with van der Waals surface area (Å²) < 4.78 is 1.96. The first-order valence-corrected chi connectivity index (χ1v) is 7.77. The Balaban J connectivity index is 2.69. The third-order valence-corrected chi connectivity index (χ3v) is 4.14. The largest absolute Gasteiger partial charge is 0.349 e. The van der Waals surface area contributed by atoms with Crippen LogP contribution in [-0.2, 0) is 17.8 Å². The van der Waals surface area contributed by atoms with E-state index in [0.717, 1.165) is 31.5 Å². The van der Waals surface area contributed by atoms with Crippen LogP contribution in [0.2, 0.25) is 0 Å². The summed E-state index contributed by atoms with van der Waals surface area (Å²) in [5, 5.41) is 3.21. The number of nitrogens with one attached hydrogen (secondary N) is 1. The smallest absolute Gasteiger partial charge is 0.240 e. The average Bonchev–Trinajstić information content (AvgIpc) is 2.82. The fourth-order valence-electron chi connectivity index (χ4n) is 2.54. The molecule has 0 aromatic carbocycles. The molecule has 4 nitrogen and oxygen atoms in total. The van der Waals surface area contributed by atoms with E-state index < -0.39 is 0 Å². The molecular formula is C16H29N3O. The first-order valence-electron chi connectivity index (χ1n) is 7.77. The number of hydrogen-bond acceptors (Lipinski definition) is 2. The molecule has 0 atom stereocenters. The standard InChI is InChI=1S/C16H29N3O/c1-6-16(7-2,8-3)18-15(20)12-19-10-9-17-14(19)11-13(4)5/h9-10,13H,6-8,11-12H2,1-5H3,(H,18,20). The van der Waals surface area contributed by atoms with Gasteiger partial charge in [0.05, 0.1) is 0 Å². The molecule has 0 aliphatic rings. The van der Waals surface area contributed by atoms with Crippen LogP contribution in [0.3, 0.4) is 0 Å². The molecule has 1 rings (SSSR count). The molecule has 0 radical (unpaired) electrons. The van der Waals surface area contributed by atoms with E-state index in [-0.39, 0.29) is 11.4 Å². The maximum absolute atomic E-state index is 12.3. The van der Waals surface area contributed by atoms with Crippen molar-refractivity contribution in [2.45, 2.75) is 72.4 Å². The highest BCUT2D eigenvalue weighted by atomic mass is 16.2. The third kappa shape index (κ3) is 4.36. The Hall–Kier alpha value is -1.32. The molecular weight excluding hydrogens is 250 g/mol. The minimum Gasteiger partial charge on any atom is -0.349 e. The van der Waals surface area contributed by atoms with Gasteiger partial charge >= 0.3 is 0 Å². The van der Waals surface area contributed by atoms with Gasteiger partial charge in [0.15, 0.2) is 0 Å². The van der Waals surface area contributed by atoms with Crippen molar-refractivity contribution in [2.75, 3.05) is 0 Å². The topological polar surface area (TPSA) is 46.9 Å². The Bertz CT molecular complexity index is 411. The summed E-state index contributed by atoms with van der Waals surface area (Å²) in [7, 11) is 0. The van der Waals surface area contributed by atoms with Crippen LogP contribution in [0.5, 0.6) is 0 Å². The lowest BCUT2D eigenvalue weighted by atomic mass is 9.90. The molecule has 1 amide bonds. The Morgan fingerprint density at radius 1 is 1.30 bits per heavy atom. The zero-order valence-corrected chi connectivity index (χ0v) is 13.6. The summed E-state index contributed by atoms with van der Waals surface area (Å²) in [5.41, 5.74) is -0.0596. The highest BCUT2D eigenvalue weighted by molar-refractivity contribution is 5.76. The Labute approximate surface area is 123 Å². The van der Waals surface area contributed by atoms with Gasteiger partial charge in [-0.1, -0.05) is 34.6 Å². The van der Waals surface area contributed by atoms with Crippen LogP contribution in [0, 0.1) is 5.92 Å². The molecule has 0 unspecified atom stereocenters. The molecule has 20 heavy (non-hydrogen) atoms. The maximum atomic E-state index is 12.3. The van der Waals surface area contributed by atoms with E-state index in [9.17, 15) is 4.79 Å². The van der Waals surface area contributed by atoms with E-state index in [1.807, 2.05) is 10.8 Å². The Morgan fingerprint density at radius 2 is 1.90 bits per heavy atom. The van der Waals surface area contributed by atoms with Crippen LogP contribution >= 0.6 is 0 Å². The summed E-state index contributed by atoms with van der Waals surface area (Å²) in [5.74, 6) is 1.61. The molecule has 0 saturated carbocycles. The minimum atomic E-state index is -0.0596. The number of carbonyl (C=O) groups excluding carboxylic acids is 1. The van der Waals surface area contributed by atoms with Crippen LogP contribution in [0.4, 0.5) is 0 Å². The van der Waals surface area contributed by atoms with Crippen molar-refractivity contribution >= 4 is 5.91 Å². The molecule has 0 aliphatic carbocycles. The highest BCUT2D eigenvalue weighted by Crippen LogP contribution is 2.19. The minimum absolute atomic E-state index is 0.0596. The SMILES string of the molecule is CCC(CC)(CC)NC(=O)Cn1ccnc1CC(C)C. The van der Waals surface area contributed by atoms with Crippen molar-refractivity contribution in [2.24, 2.45) is 5.92 Å². The van der Waals surface area contributed by atoms with Crippen LogP contribution in [0.1, 0.15) is 59.7 Å². The molecule has 0 bridgehead atoms. The fraction of sp³-hybridized carbons (Fsp3) is 0.750. The van der Waals surface area contributed by atoms with Gasteiger partial charge in [-0.25, -0.2) is 4.98 Å². The normalized spacial score (nSPS) is 11.9. The van der Waals surface area contributed by atoms with E-state index in [4.69, 9.17) is 0 Å². The lowest BCUT2D eigenvalue weighted by molar-refractivity contribution is -0.123. The van der Waals surface area contributed by atoms with Gasteiger partial charge < -0.3 is 9.88 Å². The van der Waals surface area contributed by atoms with Crippen molar-refractivity contribution in [1.29, 1.82) is 0 Å². The summed E-state index contributed by atoms with van der Waals surface area (Å²) >= 11 is 0. The molecule has 114 valence electrons. The van der Waals surface area contributed by atoms with E-state index in [1.165, 1.54) is 0 Å². The van der Waals surface area contributed by atoms with Crippen molar-refractivity contribution in [3.05, 3.63) is 18.2 Å². The zero-order chi connectivity index (χ0) is 15.2. The van der Waals surface area contributed by atoms with Gasteiger partial charge in [0.25, 0.3) is 0 Å². The van der Waals surface area contributed by atoms with Crippen LogP contribution in [0.15, 0.2) is 12.4 Å². The summed E-state index contributed by atoms with van der Waals surface area (Å²) in [6.45, 7) is 11.1. The first kappa shape index (κ1) is 16.7. The second kappa shape index (κ2) is 7.46. The molecule has 1 heterocycles. The molecule has 0 saturated heterocycles. The van der Waals surface area contributed by atoms with Crippen LogP contribution < -0.4 is 5.32 Å². The lowest BCUT2D eigenvalue weighted by Gasteiger charge is -2.32.